The molecule has 0 spiro atoms. The third-order valence-corrected chi connectivity index (χ3v) is 5.95. The maximum Gasteiger partial charge on any atom is 0.210 e. The van der Waals surface area contributed by atoms with E-state index >= 15 is 0 Å². The van der Waals surface area contributed by atoms with E-state index in [0.717, 1.165) is 28.2 Å². The van der Waals surface area contributed by atoms with Gasteiger partial charge in [-0.2, -0.15) is 0 Å². The number of ketones is 1. The van der Waals surface area contributed by atoms with Gasteiger partial charge in [-0.25, -0.2) is 4.98 Å². The second-order valence-electron chi connectivity index (χ2n) is 8.72. The van der Waals surface area contributed by atoms with Crippen LogP contribution in [-0.2, 0) is 16.1 Å². The number of nitrogens with zero attached hydrogens (tertiary/aromatic N) is 2. The van der Waals surface area contributed by atoms with Gasteiger partial charge in [-0.15, -0.1) is 0 Å². The minimum absolute atomic E-state index is 0.0596. The van der Waals surface area contributed by atoms with Gasteiger partial charge >= 0.3 is 0 Å². The van der Waals surface area contributed by atoms with Crippen LogP contribution in [0.3, 0.4) is 0 Å². The van der Waals surface area contributed by atoms with Crippen molar-refractivity contribution < 1.29 is 23.7 Å². The number of benzene rings is 2. The summed E-state index contributed by atoms with van der Waals surface area (Å²) in [6.07, 6.45) is 1.89. The zero-order valence-electron chi connectivity index (χ0n) is 20.1. The Bertz CT molecular complexity index is 1420. The van der Waals surface area contributed by atoms with E-state index in [1.165, 1.54) is 0 Å². The third-order valence-electron chi connectivity index (χ3n) is 5.95. The number of ether oxygens (including phenoxy) is 4. The van der Waals surface area contributed by atoms with Gasteiger partial charge in [0, 0.05) is 11.8 Å². The number of fused-ring (bicyclic) bond motifs is 1. The number of carbonyl (C=O) groups excluding carboxylic acids is 1. The Hall–Kier alpha value is -4.26. The van der Waals surface area contributed by atoms with E-state index in [-0.39, 0.29) is 5.78 Å². The van der Waals surface area contributed by atoms with E-state index in [4.69, 9.17) is 18.9 Å². The number of pyridine rings is 1. The van der Waals surface area contributed by atoms with Gasteiger partial charge in [0.2, 0.25) is 5.78 Å². The summed E-state index contributed by atoms with van der Waals surface area (Å²) in [6.45, 7) is 3.87. The number of hydrogen-bond acceptors (Lipinski definition) is 6. The smallest absolute Gasteiger partial charge is 0.210 e. The van der Waals surface area contributed by atoms with Gasteiger partial charge in [0.25, 0.3) is 0 Å². The zero-order chi connectivity index (χ0) is 24.6. The molecule has 7 nitrogen and oxygen atoms in total. The lowest BCUT2D eigenvalue weighted by atomic mass is 9.92. The van der Waals surface area contributed by atoms with Crippen LogP contribution in [0.15, 0.2) is 72.9 Å². The van der Waals surface area contributed by atoms with Crippen molar-refractivity contribution in [1.29, 1.82) is 0 Å². The Kier molecular flexibility index (Phi) is 5.68. The van der Waals surface area contributed by atoms with Crippen LogP contribution in [0, 0.1) is 0 Å². The number of imidazole rings is 1. The van der Waals surface area contributed by atoms with E-state index in [1.54, 1.807) is 28.1 Å². The maximum atomic E-state index is 13.2. The molecular weight excluding hydrogens is 444 g/mol. The highest BCUT2D eigenvalue weighted by atomic mass is 16.5. The van der Waals surface area contributed by atoms with Crippen LogP contribution in [0.5, 0.6) is 17.4 Å². The highest BCUT2D eigenvalue weighted by Crippen LogP contribution is 2.41. The molecule has 0 N–H and O–H groups in total. The predicted molar refractivity (Wildman–Crippen MR) is 132 cm³/mol. The molecule has 35 heavy (non-hydrogen) atoms. The summed E-state index contributed by atoms with van der Waals surface area (Å²) in [6, 6.07) is 20.6. The van der Waals surface area contributed by atoms with E-state index in [1.807, 2.05) is 77.3 Å². The third kappa shape index (κ3) is 4.21. The number of aromatic nitrogens is 2. The number of methoxy groups -OCH3 is 2. The molecule has 0 aliphatic carbocycles. The summed E-state index contributed by atoms with van der Waals surface area (Å²) >= 11 is 0. The van der Waals surface area contributed by atoms with Gasteiger partial charge in [-0.05, 0) is 67.9 Å². The minimum atomic E-state index is -0.941. The van der Waals surface area contributed by atoms with E-state index < -0.39 is 5.60 Å². The molecule has 0 radical (unpaired) electrons. The highest BCUT2D eigenvalue weighted by molar-refractivity contribution is 6.32. The van der Waals surface area contributed by atoms with Crippen molar-refractivity contribution >= 4 is 22.8 Å². The molecule has 0 atom stereocenters. The summed E-state index contributed by atoms with van der Waals surface area (Å²) < 4.78 is 24.6. The van der Waals surface area contributed by atoms with Gasteiger partial charge in [0.15, 0.2) is 11.5 Å². The molecule has 3 heterocycles. The van der Waals surface area contributed by atoms with Gasteiger partial charge in [0.05, 0.1) is 25.5 Å². The van der Waals surface area contributed by atoms with Gasteiger partial charge < -0.3 is 18.9 Å². The summed E-state index contributed by atoms with van der Waals surface area (Å²) in [7, 11) is 3.25. The molecule has 0 fully saturated rings. The van der Waals surface area contributed by atoms with E-state index in [0.29, 0.717) is 29.6 Å². The Morgan fingerprint density at radius 1 is 0.886 bits per heavy atom. The first-order chi connectivity index (χ1) is 16.9. The molecule has 5 rings (SSSR count). The first kappa shape index (κ1) is 22.5. The van der Waals surface area contributed by atoms with Gasteiger partial charge in [-0.1, -0.05) is 18.2 Å². The predicted octanol–water partition coefficient (Wildman–Crippen LogP) is 5.18. The molecule has 0 saturated carbocycles. The summed E-state index contributed by atoms with van der Waals surface area (Å²) in [5.74, 6) is 2.63. The van der Waals surface area contributed by atoms with Crippen LogP contribution in [0.2, 0.25) is 0 Å². The molecule has 7 heteroatoms. The molecule has 0 saturated heterocycles. The lowest BCUT2D eigenvalue weighted by Crippen LogP contribution is -2.29. The highest BCUT2D eigenvalue weighted by Gasteiger charge is 2.42. The molecular formula is C28H26N2O5. The van der Waals surface area contributed by atoms with Crippen molar-refractivity contribution in [3.8, 4) is 17.4 Å². The van der Waals surface area contributed by atoms with Gasteiger partial charge in [-0.3, -0.25) is 9.20 Å². The lowest BCUT2D eigenvalue weighted by molar-refractivity contribution is -0.125. The first-order valence-corrected chi connectivity index (χ1v) is 11.3. The first-order valence-electron chi connectivity index (χ1n) is 11.3. The van der Waals surface area contributed by atoms with Crippen molar-refractivity contribution in [1.82, 2.24) is 9.38 Å². The van der Waals surface area contributed by atoms with Crippen LogP contribution < -0.4 is 14.2 Å². The Morgan fingerprint density at radius 2 is 1.57 bits per heavy atom. The largest absolute Gasteiger partial charge is 0.497 e. The van der Waals surface area contributed by atoms with Crippen molar-refractivity contribution in [2.75, 3.05) is 14.2 Å². The Labute approximate surface area is 203 Å². The van der Waals surface area contributed by atoms with E-state index in [9.17, 15) is 4.79 Å². The molecule has 4 aromatic rings. The SMILES string of the molecule is COc1ccc(C2=C(c3ccc(OCc4cn5c(OC)cccc5n4)cc3)C(=O)C(C)(C)O2)cc1. The lowest BCUT2D eigenvalue weighted by Gasteiger charge is -2.17. The maximum absolute atomic E-state index is 13.2. The number of Topliss-reactive ketones (excluding diaryl/α,β-unsaturated/α-hetero) is 1. The fraction of sp³-hybridized carbons (Fsp3) is 0.214. The second kappa shape index (κ2) is 8.83. The van der Waals surface area contributed by atoms with Crippen molar-refractivity contribution in [3.05, 3.63) is 89.7 Å². The average molecular weight is 471 g/mol. The Morgan fingerprint density at radius 3 is 2.26 bits per heavy atom. The molecule has 178 valence electrons. The van der Waals surface area contributed by atoms with E-state index in [2.05, 4.69) is 4.98 Å². The van der Waals surface area contributed by atoms with Crippen LogP contribution in [0.4, 0.5) is 0 Å². The van der Waals surface area contributed by atoms with Crippen LogP contribution >= 0.6 is 0 Å². The fourth-order valence-corrected chi connectivity index (χ4v) is 4.11. The fourth-order valence-electron chi connectivity index (χ4n) is 4.11. The van der Waals surface area contributed by atoms with Gasteiger partial charge in [0.1, 0.15) is 29.5 Å². The van der Waals surface area contributed by atoms with Crippen LogP contribution in [0.25, 0.3) is 17.0 Å². The normalized spacial score (nSPS) is 14.8. The minimum Gasteiger partial charge on any atom is -0.497 e. The van der Waals surface area contributed by atoms with Crippen molar-refractivity contribution in [2.24, 2.45) is 0 Å². The summed E-state index contributed by atoms with van der Waals surface area (Å²) in [5, 5.41) is 0. The number of carbonyl (C=O) groups is 1. The molecule has 0 amide bonds. The van der Waals surface area contributed by atoms with Crippen LogP contribution in [-0.4, -0.2) is 35.0 Å². The monoisotopic (exact) mass is 470 g/mol. The topological polar surface area (TPSA) is 71.3 Å². The van der Waals surface area contributed by atoms with Crippen molar-refractivity contribution in [2.45, 2.75) is 26.1 Å². The summed E-state index contributed by atoms with van der Waals surface area (Å²) in [4.78, 5) is 17.8. The second-order valence-corrected chi connectivity index (χ2v) is 8.72. The van der Waals surface area contributed by atoms with Crippen molar-refractivity contribution in [3.63, 3.8) is 0 Å². The Balaban J connectivity index is 1.38. The number of rotatable bonds is 7. The standard InChI is InChI=1S/C28H26N2O5/c1-28(2)27(31)25(26(35-28)19-10-12-21(32-3)13-11-19)18-8-14-22(15-9-18)34-17-20-16-30-23(29-20)6-5-7-24(30)33-4/h5-16H,17H2,1-4H3. The number of hydrogen-bond donors (Lipinski definition) is 0. The molecule has 0 bridgehead atoms. The average Bonchev–Trinajstić information content (AvgIpc) is 3.40. The molecule has 2 aromatic carbocycles. The molecule has 0 unspecified atom stereocenters. The molecule has 1 aliphatic rings. The molecule has 2 aromatic heterocycles. The molecule has 1 aliphatic heterocycles. The zero-order valence-corrected chi connectivity index (χ0v) is 20.1. The van der Waals surface area contributed by atoms with Crippen LogP contribution in [0.1, 0.15) is 30.7 Å². The summed E-state index contributed by atoms with van der Waals surface area (Å²) in [5.41, 5.74) is 2.78. The quantitative estimate of drug-likeness (QED) is 0.371.